The third-order valence-electron chi connectivity index (χ3n) is 4.79. The molecule has 0 bridgehead atoms. The fraction of sp³-hybridized carbons (Fsp3) is 0.0455. The molecule has 3 aromatic carbocycles. The average Bonchev–Trinajstić information content (AvgIpc) is 3.23. The van der Waals surface area contributed by atoms with Gasteiger partial charge in [-0.05, 0) is 48.5 Å². The molecule has 0 amide bonds. The van der Waals surface area contributed by atoms with Crippen LogP contribution in [-0.4, -0.2) is 38.0 Å². The van der Waals surface area contributed by atoms with Gasteiger partial charge < -0.3 is 9.11 Å². The van der Waals surface area contributed by atoms with E-state index in [1.54, 1.807) is 4.90 Å². The van der Waals surface area contributed by atoms with E-state index < -0.39 is 30.0 Å². The Morgan fingerprint density at radius 1 is 0.757 bits per heavy atom. The third-order valence-corrected chi connectivity index (χ3v) is 7.42. The zero-order valence-corrected chi connectivity index (χ0v) is 22.4. The maximum atomic E-state index is 11.4. The summed E-state index contributed by atoms with van der Waals surface area (Å²) in [4.78, 5) is 5.54. The van der Waals surface area contributed by atoms with Crippen molar-refractivity contribution in [3.05, 3.63) is 78.9 Å². The summed E-state index contributed by atoms with van der Waals surface area (Å²) in [6.07, 6.45) is 0. The van der Waals surface area contributed by atoms with E-state index in [-0.39, 0.29) is 37.7 Å². The Balaban J connectivity index is 0.00000241. The number of anilines is 3. The van der Waals surface area contributed by atoms with Crippen LogP contribution < -0.4 is 42.6 Å². The predicted molar refractivity (Wildman–Crippen MR) is 129 cm³/mol. The summed E-state index contributed by atoms with van der Waals surface area (Å²) in [7, 11) is -7.78. The van der Waals surface area contributed by atoms with Crippen molar-refractivity contribution >= 4 is 53.1 Å². The number of benzene rings is 3. The molecule has 1 aromatic heterocycles. The summed E-state index contributed by atoms with van der Waals surface area (Å²) in [5.41, 5.74) is 2.21. The minimum absolute atomic E-state index is 0. The molecule has 0 saturated carbocycles. The van der Waals surface area contributed by atoms with E-state index in [9.17, 15) is 25.9 Å². The molecular weight excluding hydrogens is 526 g/mol. The minimum atomic E-state index is -4.65. The van der Waals surface area contributed by atoms with Gasteiger partial charge in [-0.25, -0.2) is 21.8 Å². The molecular formula is C22H16Li2N4O6S3. The largest absolute Gasteiger partial charge is 1.00 e. The molecule has 0 unspecified atom stereocenters. The molecule has 0 aliphatic carbocycles. The first-order valence-corrected chi connectivity index (χ1v) is 13.5. The molecule has 0 aliphatic heterocycles. The summed E-state index contributed by atoms with van der Waals surface area (Å²) in [6, 6.07) is 19.6. The zero-order valence-electron chi connectivity index (χ0n) is 20.0. The summed E-state index contributed by atoms with van der Waals surface area (Å²) in [5, 5.41) is 8.96. The number of hydrogen-bond acceptors (Lipinski definition) is 11. The van der Waals surface area contributed by atoms with E-state index in [4.69, 9.17) is 4.98 Å². The maximum Gasteiger partial charge on any atom is 1.00 e. The van der Waals surface area contributed by atoms with Crippen LogP contribution in [0.2, 0.25) is 0 Å². The van der Waals surface area contributed by atoms with Crippen molar-refractivity contribution in [1.29, 1.82) is 0 Å². The Morgan fingerprint density at radius 2 is 1.22 bits per heavy atom. The van der Waals surface area contributed by atoms with Crippen LogP contribution in [0.1, 0.15) is 0 Å². The zero-order chi connectivity index (χ0) is 25.2. The Kier molecular flexibility index (Phi) is 10.4. The summed E-state index contributed by atoms with van der Waals surface area (Å²) < 4.78 is 68.2. The molecule has 0 spiro atoms. The van der Waals surface area contributed by atoms with Gasteiger partial charge in [0.25, 0.3) is 0 Å². The number of aromatic nitrogens is 1. The van der Waals surface area contributed by atoms with Crippen LogP contribution in [0.15, 0.2) is 98.9 Å². The van der Waals surface area contributed by atoms with Gasteiger partial charge in [-0.15, -0.1) is 5.11 Å². The molecule has 1 heterocycles. The first kappa shape index (κ1) is 30.9. The summed E-state index contributed by atoms with van der Waals surface area (Å²) >= 11 is 1.19. The van der Waals surface area contributed by atoms with E-state index in [0.29, 0.717) is 27.2 Å². The van der Waals surface area contributed by atoms with Gasteiger partial charge in [-0.3, -0.25) is 4.90 Å². The van der Waals surface area contributed by atoms with E-state index in [1.165, 1.54) is 66.9 Å². The van der Waals surface area contributed by atoms with E-state index in [0.717, 1.165) is 5.56 Å². The predicted octanol–water partition coefficient (Wildman–Crippen LogP) is -1.19. The van der Waals surface area contributed by atoms with Crippen molar-refractivity contribution in [2.45, 2.75) is 9.79 Å². The van der Waals surface area contributed by atoms with Crippen LogP contribution in [0.5, 0.6) is 0 Å². The van der Waals surface area contributed by atoms with Crippen LogP contribution in [-0.2, 0) is 20.2 Å². The van der Waals surface area contributed by atoms with Gasteiger partial charge in [-0.1, -0.05) is 41.7 Å². The molecule has 0 atom stereocenters. The molecule has 0 aliphatic rings. The monoisotopic (exact) mass is 542 g/mol. The molecule has 4 rings (SSSR count). The summed E-state index contributed by atoms with van der Waals surface area (Å²) in [5.74, 6) is 0. The quantitative estimate of drug-likeness (QED) is 0.160. The van der Waals surface area contributed by atoms with Crippen molar-refractivity contribution in [2.75, 3.05) is 11.9 Å². The first-order valence-electron chi connectivity index (χ1n) is 9.86. The number of rotatable bonds is 7. The molecule has 10 nitrogen and oxygen atoms in total. The van der Waals surface area contributed by atoms with Crippen LogP contribution in [0.4, 0.5) is 21.5 Å². The third kappa shape index (κ3) is 7.18. The van der Waals surface area contributed by atoms with E-state index in [2.05, 4.69) is 10.2 Å². The number of azo groups is 1. The van der Waals surface area contributed by atoms with Gasteiger partial charge >= 0.3 is 37.7 Å². The first-order chi connectivity index (χ1) is 16.6. The van der Waals surface area contributed by atoms with Crippen molar-refractivity contribution in [3.8, 4) is 11.3 Å². The fourth-order valence-corrected chi connectivity index (χ4v) is 5.17. The topological polar surface area (TPSA) is 155 Å². The molecule has 0 radical (unpaired) electrons. The fourth-order valence-electron chi connectivity index (χ4n) is 3.23. The molecule has 0 saturated heterocycles. The van der Waals surface area contributed by atoms with Crippen LogP contribution in [0.3, 0.4) is 0 Å². The van der Waals surface area contributed by atoms with Gasteiger partial charge in [0.2, 0.25) is 0 Å². The molecule has 4 aromatic rings. The average molecular weight is 542 g/mol. The van der Waals surface area contributed by atoms with Gasteiger partial charge in [0, 0.05) is 24.0 Å². The number of thiazole rings is 1. The van der Waals surface area contributed by atoms with Gasteiger partial charge in [0.1, 0.15) is 25.9 Å². The van der Waals surface area contributed by atoms with Gasteiger partial charge in [0.15, 0.2) is 10.1 Å². The van der Waals surface area contributed by atoms with Crippen molar-refractivity contribution in [1.82, 2.24) is 4.98 Å². The van der Waals surface area contributed by atoms with Crippen LogP contribution in [0, 0.1) is 0 Å². The molecule has 15 heteroatoms. The van der Waals surface area contributed by atoms with Crippen molar-refractivity contribution in [2.24, 2.45) is 10.2 Å². The van der Waals surface area contributed by atoms with Crippen molar-refractivity contribution < 1.29 is 63.7 Å². The van der Waals surface area contributed by atoms with Gasteiger partial charge in [-0.2, -0.15) is 5.11 Å². The second-order valence-electron chi connectivity index (χ2n) is 7.05. The Labute approximate surface area is 242 Å². The minimum Gasteiger partial charge on any atom is -0.744 e. The number of hydrogen-bond donors (Lipinski definition) is 0. The normalized spacial score (nSPS) is 11.5. The molecule has 37 heavy (non-hydrogen) atoms. The van der Waals surface area contributed by atoms with Crippen molar-refractivity contribution in [3.63, 3.8) is 0 Å². The Hall–Kier alpha value is -2.30. The molecule has 0 fully saturated rings. The molecule has 0 N–H and O–H groups in total. The standard InChI is InChI=1S/C22H18N4O6S3.2Li/c1-23-25-21-20(15-5-3-2-4-6-15)24-22(33-21)26(16-7-11-18(12-8-16)34(27,28)29)17-9-13-19(14-10-17)35(30,31)32;;/h2-14H,1H3,(H,27,28,29)(H,30,31,32);;/q;2*+1/p-2. The Bertz CT molecular complexity index is 1520. The van der Waals surface area contributed by atoms with E-state index in [1.807, 2.05) is 30.3 Å². The van der Waals surface area contributed by atoms with Crippen LogP contribution in [0.25, 0.3) is 11.3 Å². The maximum absolute atomic E-state index is 11.4. The summed E-state index contributed by atoms with van der Waals surface area (Å²) in [6.45, 7) is 0. The Morgan fingerprint density at radius 3 is 1.62 bits per heavy atom. The number of nitrogens with zero attached hydrogens (tertiary/aromatic N) is 4. The molecule has 180 valence electrons. The van der Waals surface area contributed by atoms with Crippen LogP contribution >= 0.6 is 11.3 Å². The second-order valence-corrected chi connectivity index (χ2v) is 10.8. The smallest absolute Gasteiger partial charge is 0.744 e. The SMILES string of the molecule is CN=Nc1sc(N(c2ccc(S(=O)(=O)[O-])cc2)c2ccc(S(=O)(=O)[O-])cc2)nc1-c1ccccc1.[Li+].[Li+]. The second kappa shape index (κ2) is 12.5. The van der Waals surface area contributed by atoms with Gasteiger partial charge in [0.05, 0.1) is 9.79 Å². The van der Waals surface area contributed by atoms with E-state index >= 15 is 0 Å².